The lowest BCUT2D eigenvalue weighted by atomic mass is 10.1. The number of aryl methyl sites for hydroxylation is 1. The molecule has 0 saturated carbocycles. The summed E-state index contributed by atoms with van der Waals surface area (Å²) in [4.78, 5) is 12.6. The molecule has 4 nitrogen and oxygen atoms in total. The molecule has 0 N–H and O–H groups in total. The molecule has 0 fully saturated rings. The van der Waals surface area contributed by atoms with Gasteiger partial charge >= 0.3 is 0 Å². The predicted molar refractivity (Wildman–Crippen MR) is 117 cm³/mol. The maximum atomic E-state index is 12.6. The Morgan fingerprint density at radius 2 is 1.80 bits per heavy atom. The van der Waals surface area contributed by atoms with Gasteiger partial charge in [-0.15, -0.1) is 0 Å². The first-order valence-corrected chi connectivity index (χ1v) is 9.71. The number of allylic oxidation sites excluding steroid dienone is 3. The lowest BCUT2D eigenvalue weighted by molar-refractivity contribution is 0.101. The van der Waals surface area contributed by atoms with E-state index in [9.17, 15) is 4.79 Å². The van der Waals surface area contributed by atoms with Crippen LogP contribution in [0.2, 0.25) is 0 Å². The number of para-hydroxylation sites is 1. The van der Waals surface area contributed by atoms with Crippen LogP contribution >= 0.6 is 0 Å². The number of benzene rings is 3. The fourth-order valence-corrected chi connectivity index (χ4v) is 3.25. The third-order valence-corrected chi connectivity index (χ3v) is 4.96. The van der Waals surface area contributed by atoms with Gasteiger partial charge in [-0.25, -0.2) is 0 Å². The molecule has 150 valence electrons. The fraction of sp³-hybridized carbons (Fsp3) is 0.115. The van der Waals surface area contributed by atoms with Crippen LogP contribution in [0.15, 0.2) is 84.6 Å². The van der Waals surface area contributed by atoms with Crippen LogP contribution in [0.3, 0.4) is 0 Å². The summed E-state index contributed by atoms with van der Waals surface area (Å²) in [6.07, 6.45) is 5.33. The Morgan fingerprint density at radius 3 is 2.63 bits per heavy atom. The lowest BCUT2D eigenvalue weighted by Crippen LogP contribution is -1.98. The minimum atomic E-state index is -0.139. The van der Waals surface area contributed by atoms with Crippen LogP contribution in [0.4, 0.5) is 0 Å². The molecular weight excluding hydrogens is 376 g/mol. The zero-order valence-corrected chi connectivity index (χ0v) is 16.9. The highest BCUT2D eigenvalue weighted by atomic mass is 16.5. The number of Topliss-reactive ketones (excluding diaryl/α,β-unsaturated/α-hetero) is 1. The van der Waals surface area contributed by atoms with Crippen molar-refractivity contribution in [2.45, 2.75) is 13.5 Å². The van der Waals surface area contributed by atoms with Gasteiger partial charge in [0.2, 0.25) is 5.78 Å². The molecule has 0 unspecified atom stereocenters. The van der Waals surface area contributed by atoms with Gasteiger partial charge in [-0.2, -0.15) is 0 Å². The summed E-state index contributed by atoms with van der Waals surface area (Å²) in [6, 6.07) is 21.1. The first-order valence-electron chi connectivity index (χ1n) is 9.71. The molecule has 4 rings (SSSR count). The molecule has 0 radical (unpaired) electrons. The second-order valence-corrected chi connectivity index (χ2v) is 6.94. The number of ketones is 1. The van der Waals surface area contributed by atoms with E-state index in [1.54, 1.807) is 37.5 Å². The molecule has 4 heteroatoms. The molecule has 0 bridgehead atoms. The maximum Gasteiger partial charge on any atom is 0.231 e. The van der Waals surface area contributed by atoms with E-state index in [-0.39, 0.29) is 11.5 Å². The summed E-state index contributed by atoms with van der Waals surface area (Å²) >= 11 is 0. The number of hydrogen-bond donors (Lipinski definition) is 0. The minimum Gasteiger partial charge on any atom is -0.496 e. The SMILES string of the molecule is COc1ccccc1/C=C/C=C1/Oc2cc(OCc3ccccc3C)ccc2C1=O. The summed E-state index contributed by atoms with van der Waals surface area (Å²) < 4.78 is 17.0. The van der Waals surface area contributed by atoms with Crippen LogP contribution < -0.4 is 14.2 Å². The van der Waals surface area contributed by atoms with Crippen LogP contribution in [0.25, 0.3) is 6.08 Å². The molecule has 3 aromatic carbocycles. The van der Waals surface area contributed by atoms with Crippen LogP contribution in [0.1, 0.15) is 27.0 Å². The van der Waals surface area contributed by atoms with Gasteiger partial charge in [0, 0.05) is 11.6 Å². The summed E-state index contributed by atoms with van der Waals surface area (Å²) in [5.74, 6) is 2.09. The van der Waals surface area contributed by atoms with E-state index >= 15 is 0 Å². The van der Waals surface area contributed by atoms with E-state index in [2.05, 4.69) is 13.0 Å². The van der Waals surface area contributed by atoms with Gasteiger partial charge in [0.05, 0.1) is 12.7 Å². The van der Waals surface area contributed by atoms with Crippen molar-refractivity contribution in [1.29, 1.82) is 0 Å². The zero-order valence-electron chi connectivity index (χ0n) is 16.9. The average Bonchev–Trinajstić information content (AvgIpc) is 3.08. The molecule has 0 saturated heterocycles. The topological polar surface area (TPSA) is 44.8 Å². The molecular formula is C26H22O4. The van der Waals surface area contributed by atoms with Gasteiger partial charge in [0.15, 0.2) is 5.76 Å². The quantitative estimate of drug-likeness (QED) is 0.496. The minimum absolute atomic E-state index is 0.139. The van der Waals surface area contributed by atoms with E-state index in [1.165, 1.54) is 5.56 Å². The standard InChI is InChI=1S/C26H22O4/c1-18-8-3-4-10-20(18)17-29-21-14-15-22-25(16-21)30-24(26(22)27)13-7-11-19-9-5-6-12-23(19)28-2/h3-16H,17H2,1-2H3/b11-7+,24-13+. The summed E-state index contributed by atoms with van der Waals surface area (Å²) in [7, 11) is 1.63. The molecule has 1 heterocycles. The van der Waals surface area contributed by atoms with Crippen molar-refractivity contribution in [2.75, 3.05) is 7.11 Å². The molecule has 0 amide bonds. The summed E-state index contributed by atoms with van der Waals surface area (Å²) in [5.41, 5.74) is 3.76. The molecule has 3 aromatic rings. The van der Waals surface area contributed by atoms with Crippen molar-refractivity contribution in [3.05, 3.63) is 107 Å². The van der Waals surface area contributed by atoms with Crippen LogP contribution in [0.5, 0.6) is 17.2 Å². The van der Waals surface area contributed by atoms with Crippen molar-refractivity contribution in [3.8, 4) is 17.2 Å². The number of hydrogen-bond acceptors (Lipinski definition) is 4. The summed E-state index contributed by atoms with van der Waals surface area (Å²) in [5, 5.41) is 0. The largest absolute Gasteiger partial charge is 0.496 e. The molecule has 1 aliphatic heterocycles. The molecule has 0 aliphatic carbocycles. The number of methoxy groups -OCH3 is 1. The fourth-order valence-electron chi connectivity index (χ4n) is 3.25. The lowest BCUT2D eigenvalue weighted by Gasteiger charge is -2.09. The van der Waals surface area contributed by atoms with E-state index in [0.29, 0.717) is 23.7 Å². The van der Waals surface area contributed by atoms with Gasteiger partial charge in [-0.3, -0.25) is 4.79 Å². The molecule has 30 heavy (non-hydrogen) atoms. The van der Waals surface area contributed by atoms with Crippen molar-refractivity contribution >= 4 is 11.9 Å². The third kappa shape index (κ3) is 4.13. The van der Waals surface area contributed by atoms with E-state index < -0.39 is 0 Å². The second kappa shape index (κ2) is 8.70. The van der Waals surface area contributed by atoms with Gasteiger partial charge in [0.1, 0.15) is 23.9 Å². The van der Waals surface area contributed by atoms with Gasteiger partial charge in [-0.1, -0.05) is 54.6 Å². The Hall–Kier alpha value is -3.79. The van der Waals surface area contributed by atoms with Gasteiger partial charge < -0.3 is 14.2 Å². The molecule has 0 aromatic heterocycles. The van der Waals surface area contributed by atoms with E-state index in [0.717, 1.165) is 16.9 Å². The van der Waals surface area contributed by atoms with E-state index in [1.807, 2.05) is 48.5 Å². The van der Waals surface area contributed by atoms with Crippen molar-refractivity contribution in [3.63, 3.8) is 0 Å². The predicted octanol–water partition coefficient (Wildman–Crippen LogP) is 5.76. The van der Waals surface area contributed by atoms with Gasteiger partial charge in [0.25, 0.3) is 0 Å². The Kier molecular flexibility index (Phi) is 5.66. The van der Waals surface area contributed by atoms with Crippen molar-refractivity contribution in [2.24, 2.45) is 0 Å². The van der Waals surface area contributed by atoms with Crippen LogP contribution in [0, 0.1) is 6.92 Å². The number of carbonyl (C=O) groups is 1. The van der Waals surface area contributed by atoms with E-state index in [4.69, 9.17) is 14.2 Å². The number of ether oxygens (including phenoxy) is 3. The smallest absolute Gasteiger partial charge is 0.231 e. The average molecular weight is 398 g/mol. The molecule has 0 spiro atoms. The Labute approximate surface area is 176 Å². The second-order valence-electron chi connectivity index (χ2n) is 6.94. The Balaban J connectivity index is 1.47. The highest BCUT2D eigenvalue weighted by molar-refractivity contribution is 6.12. The van der Waals surface area contributed by atoms with Crippen LogP contribution in [-0.4, -0.2) is 12.9 Å². The normalized spacial score (nSPS) is 14.1. The number of carbonyl (C=O) groups excluding carboxylic acids is 1. The van der Waals surface area contributed by atoms with Crippen molar-refractivity contribution in [1.82, 2.24) is 0 Å². The first-order chi connectivity index (χ1) is 14.7. The monoisotopic (exact) mass is 398 g/mol. The van der Waals surface area contributed by atoms with Gasteiger partial charge in [-0.05, 0) is 42.3 Å². The zero-order chi connectivity index (χ0) is 20.9. The first kappa shape index (κ1) is 19.5. The Morgan fingerprint density at radius 1 is 1.00 bits per heavy atom. The molecule has 0 atom stereocenters. The number of fused-ring (bicyclic) bond motifs is 1. The highest BCUT2D eigenvalue weighted by Crippen LogP contribution is 2.34. The van der Waals surface area contributed by atoms with Crippen LogP contribution in [-0.2, 0) is 6.61 Å². The number of rotatable bonds is 6. The molecule has 1 aliphatic rings. The maximum absolute atomic E-state index is 12.6. The van der Waals surface area contributed by atoms with Crippen molar-refractivity contribution < 1.29 is 19.0 Å². The highest BCUT2D eigenvalue weighted by Gasteiger charge is 2.27. The third-order valence-electron chi connectivity index (χ3n) is 4.96. The summed E-state index contributed by atoms with van der Waals surface area (Å²) in [6.45, 7) is 2.52. The Bertz CT molecular complexity index is 1140.